The van der Waals surface area contributed by atoms with Gasteiger partial charge in [-0.15, -0.1) is 11.3 Å². The van der Waals surface area contributed by atoms with Crippen LogP contribution >= 0.6 is 11.3 Å². The van der Waals surface area contributed by atoms with E-state index in [1.807, 2.05) is 6.20 Å². The van der Waals surface area contributed by atoms with Crippen molar-refractivity contribution in [2.75, 3.05) is 6.54 Å². The van der Waals surface area contributed by atoms with Crippen LogP contribution < -0.4 is 5.73 Å². The third kappa shape index (κ3) is 3.76. The first kappa shape index (κ1) is 16.1. The van der Waals surface area contributed by atoms with Crippen LogP contribution in [0, 0.1) is 5.92 Å². The molecule has 1 unspecified atom stereocenters. The summed E-state index contributed by atoms with van der Waals surface area (Å²) in [5.41, 5.74) is 5.18. The number of hydrogen-bond donors (Lipinski definition) is 1. The second kappa shape index (κ2) is 6.76. The molecule has 0 saturated carbocycles. The van der Waals surface area contributed by atoms with E-state index in [-0.39, 0.29) is 11.9 Å². The lowest BCUT2D eigenvalue weighted by Gasteiger charge is -2.20. The fourth-order valence-electron chi connectivity index (χ4n) is 2.83. The van der Waals surface area contributed by atoms with Crippen molar-refractivity contribution >= 4 is 17.2 Å². The van der Waals surface area contributed by atoms with E-state index in [2.05, 4.69) is 33.9 Å². The smallest absolute Gasteiger partial charge is 0.290 e. The fourth-order valence-corrected chi connectivity index (χ4v) is 3.99. The lowest BCUT2D eigenvalue weighted by Crippen LogP contribution is -2.22. The number of hydrogen-bond acceptors (Lipinski definition) is 7. The van der Waals surface area contributed by atoms with Gasteiger partial charge in [-0.3, -0.25) is 9.69 Å². The van der Waals surface area contributed by atoms with Gasteiger partial charge in [-0.05, 0) is 25.3 Å². The molecule has 23 heavy (non-hydrogen) atoms. The highest BCUT2D eigenvalue weighted by Crippen LogP contribution is 2.33. The minimum absolute atomic E-state index is 0.0475. The summed E-state index contributed by atoms with van der Waals surface area (Å²) in [6.45, 7) is 6.18. The second-order valence-electron chi connectivity index (χ2n) is 6.27. The lowest BCUT2D eigenvalue weighted by atomic mass is 10.1. The van der Waals surface area contributed by atoms with E-state index in [1.54, 1.807) is 11.3 Å². The summed E-state index contributed by atoms with van der Waals surface area (Å²) >= 11 is 1.76. The maximum absolute atomic E-state index is 11.1. The first-order valence-electron chi connectivity index (χ1n) is 7.84. The molecule has 2 aromatic heterocycles. The topological polar surface area (TPSA) is 98.1 Å². The number of carbonyl (C=O) groups excluding carboxylic acids is 1. The molecule has 0 aromatic carbocycles. The highest BCUT2D eigenvalue weighted by molar-refractivity contribution is 7.11. The van der Waals surface area contributed by atoms with Crippen molar-refractivity contribution in [3.8, 4) is 0 Å². The Hall–Kier alpha value is -1.80. The highest BCUT2D eigenvalue weighted by Gasteiger charge is 2.31. The van der Waals surface area contributed by atoms with Crippen LogP contribution in [0.4, 0.5) is 0 Å². The summed E-state index contributed by atoms with van der Waals surface area (Å²) in [6.07, 6.45) is 4.98. The maximum Gasteiger partial charge on any atom is 0.290 e. The number of nitrogens with zero attached hydrogens (tertiary/aromatic N) is 4. The van der Waals surface area contributed by atoms with Gasteiger partial charge in [-0.25, -0.2) is 4.98 Å². The number of carbonyl (C=O) groups is 1. The predicted octanol–water partition coefficient (Wildman–Crippen LogP) is 2.16. The van der Waals surface area contributed by atoms with Crippen LogP contribution in [0.25, 0.3) is 0 Å². The molecule has 0 aliphatic carbocycles. The van der Waals surface area contributed by atoms with Crippen LogP contribution in [0.15, 0.2) is 10.7 Å². The van der Waals surface area contributed by atoms with Crippen LogP contribution in [0.2, 0.25) is 0 Å². The van der Waals surface area contributed by atoms with Crippen LogP contribution in [0.5, 0.6) is 0 Å². The number of aromatic nitrogens is 3. The normalized spacial score (nSPS) is 18.8. The van der Waals surface area contributed by atoms with Gasteiger partial charge < -0.3 is 10.3 Å². The zero-order valence-electron chi connectivity index (χ0n) is 13.4. The monoisotopic (exact) mass is 335 g/mol. The summed E-state index contributed by atoms with van der Waals surface area (Å²) in [4.78, 5) is 23.3. The van der Waals surface area contributed by atoms with Gasteiger partial charge in [-0.2, -0.15) is 4.98 Å². The molecule has 1 saturated heterocycles. The standard InChI is InChI=1S/C15H21N5O2S/c1-9(2)6-12-17-7-10(23-12)8-20-5-3-4-11(20)15-18-14(13(16)21)19-22-15/h7,9,11H,3-6,8H2,1-2H3,(H2,16,21). The Kier molecular flexibility index (Phi) is 4.72. The maximum atomic E-state index is 11.1. The van der Waals surface area contributed by atoms with E-state index >= 15 is 0 Å². The number of thiazole rings is 1. The molecule has 0 bridgehead atoms. The third-order valence-corrected chi connectivity index (χ3v) is 4.86. The minimum atomic E-state index is -0.662. The Bertz CT molecular complexity index is 681. The van der Waals surface area contributed by atoms with Crippen molar-refractivity contribution in [2.45, 2.75) is 45.7 Å². The van der Waals surface area contributed by atoms with Crippen molar-refractivity contribution in [1.29, 1.82) is 0 Å². The Morgan fingerprint density at radius 1 is 1.57 bits per heavy atom. The van der Waals surface area contributed by atoms with Gasteiger partial charge in [0.1, 0.15) is 0 Å². The summed E-state index contributed by atoms with van der Waals surface area (Å²) < 4.78 is 5.22. The molecule has 3 heterocycles. The Balaban J connectivity index is 1.69. The van der Waals surface area contributed by atoms with E-state index in [9.17, 15) is 4.79 Å². The molecular formula is C15H21N5O2S. The molecule has 1 atom stereocenters. The molecule has 0 spiro atoms. The first-order valence-corrected chi connectivity index (χ1v) is 8.65. The quantitative estimate of drug-likeness (QED) is 0.868. The number of nitrogens with two attached hydrogens (primary N) is 1. The Labute approximate surface area is 138 Å². The van der Waals surface area contributed by atoms with Gasteiger partial charge in [0.2, 0.25) is 5.89 Å². The van der Waals surface area contributed by atoms with Gasteiger partial charge in [0, 0.05) is 24.0 Å². The van der Waals surface area contributed by atoms with Gasteiger partial charge in [0.15, 0.2) is 0 Å². The SMILES string of the molecule is CC(C)Cc1ncc(CN2CCCC2c2nc(C(N)=O)no2)s1. The molecule has 3 rings (SSSR count). The van der Waals surface area contributed by atoms with Gasteiger partial charge in [0.25, 0.3) is 11.7 Å². The van der Waals surface area contributed by atoms with Crippen LogP contribution in [0.3, 0.4) is 0 Å². The first-order chi connectivity index (χ1) is 11.0. The minimum Gasteiger partial charge on any atom is -0.363 e. The van der Waals surface area contributed by atoms with Crippen molar-refractivity contribution in [1.82, 2.24) is 20.0 Å². The molecular weight excluding hydrogens is 314 g/mol. The zero-order valence-corrected chi connectivity index (χ0v) is 14.2. The second-order valence-corrected chi connectivity index (χ2v) is 7.47. The number of rotatable bonds is 6. The van der Waals surface area contributed by atoms with Gasteiger partial charge in [-0.1, -0.05) is 19.0 Å². The predicted molar refractivity (Wildman–Crippen MR) is 85.9 cm³/mol. The third-order valence-electron chi connectivity index (χ3n) is 3.85. The molecule has 1 amide bonds. The number of primary amides is 1. The van der Waals surface area contributed by atoms with Crippen molar-refractivity contribution in [3.05, 3.63) is 27.8 Å². The Morgan fingerprint density at radius 2 is 2.39 bits per heavy atom. The molecule has 1 aliphatic heterocycles. The fraction of sp³-hybridized carbons (Fsp3) is 0.600. The average molecular weight is 335 g/mol. The Morgan fingerprint density at radius 3 is 3.09 bits per heavy atom. The van der Waals surface area contributed by atoms with Crippen LogP contribution in [-0.4, -0.2) is 32.5 Å². The van der Waals surface area contributed by atoms with Gasteiger partial charge in [0.05, 0.1) is 11.0 Å². The summed E-state index contributed by atoms with van der Waals surface area (Å²) in [5, 5.41) is 4.82. The summed E-state index contributed by atoms with van der Waals surface area (Å²) in [7, 11) is 0. The molecule has 124 valence electrons. The molecule has 1 fully saturated rings. The highest BCUT2D eigenvalue weighted by atomic mass is 32.1. The van der Waals surface area contributed by atoms with Gasteiger partial charge >= 0.3 is 0 Å². The molecule has 8 heteroatoms. The van der Waals surface area contributed by atoms with Crippen LogP contribution in [-0.2, 0) is 13.0 Å². The van der Waals surface area contributed by atoms with Crippen molar-refractivity contribution in [2.24, 2.45) is 11.7 Å². The van der Waals surface area contributed by atoms with Crippen molar-refractivity contribution in [3.63, 3.8) is 0 Å². The number of amides is 1. The van der Waals surface area contributed by atoms with Crippen LogP contribution in [0.1, 0.15) is 59.1 Å². The summed E-state index contributed by atoms with van der Waals surface area (Å²) in [5.74, 6) is 0.372. The number of likely N-dealkylation sites (tertiary alicyclic amines) is 1. The largest absolute Gasteiger partial charge is 0.363 e. The van der Waals surface area contributed by atoms with E-state index in [1.165, 1.54) is 9.88 Å². The van der Waals surface area contributed by atoms with E-state index in [4.69, 9.17) is 10.3 Å². The van der Waals surface area contributed by atoms with E-state index < -0.39 is 5.91 Å². The van der Waals surface area contributed by atoms with E-state index in [0.717, 1.165) is 32.4 Å². The average Bonchev–Trinajstić information content (AvgIpc) is 3.18. The zero-order chi connectivity index (χ0) is 16.4. The molecule has 0 radical (unpaired) electrons. The van der Waals surface area contributed by atoms with Crippen molar-refractivity contribution < 1.29 is 9.32 Å². The molecule has 2 aromatic rings. The summed E-state index contributed by atoms with van der Waals surface area (Å²) in [6, 6.07) is 0.0475. The molecule has 2 N–H and O–H groups in total. The molecule has 7 nitrogen and oxygen atoms in total. The lowest BCUT2D eigenvalue weighted by molar-refractivity contribution is 0.0987. The molecule has 1 aliphatic rings. The van der Waals surface area contributed by atoms with E-state index in [0.29, 0.717) is 11.8 Å².